The molecule has 4 aromatic rings. The van der Waals surface area contributed by atoms with Gasteiger partial charge in [0.2, 0.25) is 11.8 Å². The first-order valence-corrected chi connectivity index (χ1v) is 19.1. The normalized spacial score (nSPS) is 15.6. The predicted molar refractivity (Wildman–Crippen MR) is 199 cm³/mol. The minimum atomic E-state index is -1.08. The summed E-state index contributed by atoms with van der Waals surface area (Å²) >= 11 is 0. The van der Waals surface area contributed by atoms with Crippen molar-refractivity contribution in [1.29, 1.82) is 0 Å². The van der Waals surface area contributed by atoms with Crippen LogP contribution in [0.2, 0.25) is 0 Å². The molecule has 1 saturated heterocycles. The highest BCUT2D eigenvalue weighted by Gasteiger charge is 2.42. The Bertz CT molecular complexity index is 1660. The number of carbonyl (C=O) groups excluding carboxylic acids is 3. The van der Waals surface area contributed by atoms with E-state index >= 15 is 0 Å². The zero-order valence-electron chi connectivity index (χ0n) is 29.0. The smallest absolute Gasteiger partial charge is 0.306 e. The van der Waals surface area contributed by atoms with Gasteiger partial charge in [-0.3, -0.25) is 14.4 Å². The van der Waals surface area contributed by atoms with Crippen LogP contribution in [-0.4, -0.2) is 80.0 Å². The molecule has 268 valence electrons. The summed E-state index contributed by atoms with van der Waals surface area (Å²) in [5, 5.41) is 3.40. The summed E-state index contributed by atoms with van der Waals surface area (Å²) in [4.78, 5) is 44.5. The Hall–Kier alpha value is -4.52. The van der Waals surface area contributed by atoms with Crippen LogP contribution in [0.25, 0.3) is 0 Å². The lowest BCUT2D eigenvalue weighted by Crippen LogP contribution is -2.42. The third-order valence-corrected chi connectivity index (χ3v) is 10.9. The van der Waals surface area contributed by atoms with Crippen LogP contribution in [0, 0.1) is 0 Å². The molecule has 0 bridgehead atoms. The van der Waals surface area contributed by atoms with Crippen molar-refractivity contribution in [3.8, 4) is 11.5 Å². The zero-order valence-corrected chi connectivity index (χ0v) is 30.6. The number of carbonyl (C=O) groups is 3. The first kappa shape index (κ1) is 37.7. The van der Waals surface area contributed by atoms with Crippen LogP contribution in [0.3, 0.4) is 0 Å². The molecule has 0 spiro atoms. The molecule has 1 N–H and O–H groups in total. The lowest BCUT2D eigenvalue weighted by molar-refractivity contribution is -0.150. The Labute approximate surface area is 307 Å². The summed E-state index contributed by atoms with van der Waals surface area (Å²) < 4.78 is 23.9. The van der Waals surface area contributed by atoms with E-state index in [0.29, 0.717) is 30.1 Å². The van der Waals surface area contributed by atoms with Gasteiger partial charge in [-0.2, -0.15) is 0 Å². The van der Waals surface area contributed by atoms with Gasteiger partial charge in [-0.15, -0.1) is 0 Å². The fourth-order valence-corrected chi connectivity index (χ4v) is 7.93. The van der Waals surface area contributed by atoms with Gasteiger partial charge in [0.25, 0.3) is 0 Å². The number of hydrogen-bond acceptors (Lipinski definition) is 10. The van der Waals surface area contributed by atoms with Gasteiger partial charge in [0, 0.05) is 38.3 Å². The van der Waals surface area contributed by atoms with Gasteiger partial charge in [0.1, 0.15) is 28.2 Å². The molecule has 2 amide bonds. The molecule has 1 aliphatic rings. The molecular weight excluding hydrogens is 687 g/mol. The van der Waals surface area contributed by atoms with E-state index in [2.05, 4.69) is 10.3 Å². The SMILES string of the molecule is CNC(=O)CCC(=O)O[C@@H]1C[C@@H](COC(c2ccccc2)(c2ccc(OC)cc2)c2ccc(OC)cc2)N(C(=O)CCSSc2ccccn2)C1. The third-order valence-electron chi connectivity index (χ3n) is 8.68. The van der Waals surface area contributed by atoms with Crippen molar-refractivity contribution < 1.29 is 33.3 Å². The maximum Gasteiger partial charge on any atom is 0.306 e. The van der Waals surface area contributed by atoms with Crippen molar-refractivity contribution in [3.63, 3.8) is 0 Å². The Balaban J connectivity index is 1.42. The lowest BCUT2D eigenvalue weighted by Gasteiger charge is -2.38. The van der Waals surface area contributed by atoms with Gasteiger partial charge in [-0.25, -0.2) is 4.98 Å². The summed E-state index contributed by atoms with van der Waals surface area (Å²) in [5.41, 5.74) is 1.56. The van der Waals surface area contributed by atoms with Crippen LogP contribution in [0.5, 0.6) is 11.5 Å². The summed E-state index contributed by atoms with van der Waals surface area (Å²) in [6, 6.07) is 30.9. The van der Waals surface area contributed by atoms with E-state index in [9.17, 15) is 14.4 Å². The molecular formula is C39H43N3O7S2. The number of hydrogen-bond donors (Lipinski definition) is 1. The van der Waals surface area contributed by atoms with Crippen molar-refractivity contribution in [3.05, 3.63) is 120 Å². The molecule has 5 rings (SSSR count). The summed E-state index contributed by atoms with van der Waals surface area (Å²) in [7, 11) is 7.87. The first-order valence-electron chi connectivity index (χ1n) is 16.7. The van der Waals surface area contributed by atoms with Crippen molar-refractivity contribution in [2.24, 2.45) is 0 Å². The highest BCUT2D eigenvalue weighted by atomic mass is 33.1. The van der Waals surface area contributed by atoms with E-state index in [0.717, 1.165) is 21.7 Å². The average Bonchev–Trinajstić information content (AvgIpc) is 3.59. The number of rotatable bonds is 17. The molecule has 0 unspecified atom stereocenters. The molecule has 1 aliphatic heterocycles. The van der Waals surface area contributed by atoms with Gasteiger partial charge < -0.3 is 29.2 Å². The molecule has 10 nitrogen and oxygen atoms in total. The Morgan fingerprint density at radius 1 is 0.824 bits per heavy atom. The van der Waals surface area contributed by atoms with Crippen LogP contribution < -0.4 is 14.8 Å². The number of benzene rings is 3. The maximum absolute atomic E-state index is 13.8. The molecule has 0 saturated carbocycles. The van der Waals surface area contributed by atoms with Crippen LogP contribution in [0.1, 0.15) is 42.4 Å². The average molecular weight is 730 g/mol. The minimum absolute atomic E-state index is 0.0334. The van der Waals surface area contributed by atoms with E-state index in [-0.39, 0.29) is 43.8 Å². The Morgan fingerprint density at radius 2 is 1.45 bits per heavy atom. The number of ether oxygens (including phenoxy) is 4. The number of pyridine rings is 1. The molecule has 0 radical (unpaired) electrons. The van der Waals surface area contributed by atoms with Crippen LogP contribution in [-0.2, 0) is 29.5 Å². The van der Waals surface area contributed by atoms with Crippen molar-refractivity contribution >= 4 is 39.4 Å². The van der Waals surface area contributed by atoms with Gasteiger partial charge in [-0.05, 0) is 63.9 Å². The number of aromatic nitrogens is 1. The van der Waals surface area contributed by atoms with Crippen LogP contribution in [0.15, 0.2) is 108 Å². The van der Waals surface area contributed by atoms with Crippen molar-refractivity contribution in [2.45, 2.75) is 48.5 Å². The second-order valence-electron chi connectivity index (χ2n) is 11.9. The van der Waals surface area contributed by atoms with E-state index in [1.807, 2.05) is 97.1 Å². The van der Waals surface area contributed by atoms with E-state index in [4.69, 9.17) is 18.9 Å². The monoisotopic (exact) mass is 729 g/mol. The van der Waals surface area contributed by atoms with Gasteiger partial charge in [-0.1, -0.05) is 71.5 Å². The number of nitrogens with zero attached hydrogens (tertiary/aromatic N) is 2. The quantitative estimate of drug-likeness (QED) is 0.0577. The molecule has 3 aromatic carbocycles. The predicted octanol–water partition coefficient (Wildman–Crippen LogP) is 6.28. The lowest BCUT2D eigenvalue weighted by atomic mass is 9.80. The van der Waals surface area contributed by atoms with E-state index in [1.54, 1.807) is 36.1 Å². The first-order chi connectivity index (χ1) is 24.9. The third kappa shape index (κ3) is 9.84. The fourth-order valence-electron chi connectivity index (χ4n) is 6.07. The Morgan fingerprint density at radius 3 is 2.04 bits per heavy atom. The van der Waals surface area contributed by atoms with Gasteiger partial charge in [0.05, 0.1) is 39.8 Å². The number of methoxy groups -OCH3 is 2. The van der Waals surface area contributed by atoms with Crippen molar-refractivity contribution in [2.75, 3.05) is 40.2 Å². The minimum Gasteiger partial charge on any atom is -0.497 e. The van der Waals surface area contributed by atoms with Crippen LogP contribution >= 0.6 is 21.6 Å². The molecule has 2 heterocycles. The van der Waals surface area contributed by atoms with Crippen LogP contribution in [0.4, 0.5) is 0 Å². The summed E-state index contributed by atoms with van der Waals surface area (Å²) in [6.45, 7) is 0.390. The second-order valence-corrected chi connectivity index (χ2v) is 14.3. The highest BCUT2D eigenvalue weighted by molar-refractivity contribution is 8.76. The number of amides is 2. The highest BCUT2D eigenvalue weighted by Crippen LogP contribution is 2.42. The fraction of sp³-hybridized carbons (Fsp3) is 0.333. The molecule has 51 heavy (non-hydrogen) atoms. The van der Waals surface area contributed by atoms with Crippen molar-refractivity contribution in [1.82, 2.24) is 15.2 Å². The molecule has 0 aliphatic carbocycles. The summed E-state index contributed by atoms with van der Waals surface area (Å²) in [6.07, 6.45) is 1.88. The van der Waals surface area contributed by atoms with Gasteiger partial charge >= 0.3 is 5.97 Å². The largest absolute Gasteiger partial charge is 0.497 e. The Kier molecular flexibility index (Phi) is 13.8. The standard InChI is InChI=1S/C39H43N3O7S2/c1-40-35(43)20-21-38(45)49-34-25-31(42(26-34)37(44)22-24-50-51-36-11-7-8-23-41-36)27-48-39(28-9-5-4-6-10-28,29-12-16-32(46-2)17-13-29)30-14-18-33(47-3)19-15-30/h4-19,23,31,34H,20-22,24-27H2,1-3H3,(H,40,43)/t31-,34+/m0/s1. The van der Waals surface area contributed by atoms with Gasteiger partial charge in [0.15, 0.2) is 0 Å². The zero-order chi connectivity index (χ0) is 36.1. The topological polar surface area (TPSA) is 116 Å². The number of nitrogens with one attached hydrogen (secondary N) is 1. The summed E-state index contributed by atoms with van der Waals surface area (Å²) in [5.74, 6) is 1.23. The maximum atomic E-state index is 13.8. The molecule has 1 fully saturated rings. The van der Waals surface area contributed by atoms with E-state index in [1.165, 1.54) is 17.8 Å². The number of likely N-dealkylation sites (tertiary alicyclic amines) is 1. The molecule has 12 heteroatoms. The molecule has 1 aromatic heterocycles. The molecule has 2 atom stereocenters. The number of esters is 1. The second kappa shape index (κ2) is 18.6. The van der Waals surface area contributed by atoms with E-state index < -0.39 is 17.7 Å².